The summed E-state index contributed by atoms with van der Waals surface area (Å²) in [5.74, 6) is 0. The molecule has 0 aliphatic heterocycles. The molecule has 0 spiro atoms. The highest BCUT2D eigenvalue weighted by Gasteiger charge is 2.27. The molecule has 3 nitrogen and oxygen atoms in total. The van der Waals surface area contributed by atoms with Crippen LogP contribution in [-0.2, 0) is 13.6 Å². The summed E-state index contributed by atoms with van der Waals surface area (Å²) in [6, 6.07) is 0. The van der Waals surface area contributed by atoms with Crippen molar-refractivity contribution >= 4 is 19.2 Å². The van der Waals surface area contributed by atoms with Crippen LogP contribution >= 0.6 is 19.2 Å². The zero-order chi connectivity index (χ0) is 7.49. The molecule has 0 heterocycles. The highest BCUT2D eigenvalue weighted by molar-refractivity contribution is 7.56. The molecule has 0 aromatic rings. The standard InChI is InChI=1S/C4H10ClO3P/c1-4(5)9(6,7-2)8-3/h4H,1-3H3. The van der Waals surface area contributed by atoms with Crippen LogP contribution in [0.5, 0.6) is 0 Å². The zero-order valence-electron chi connectivity index (χ0n) is 5.63. The summed E-state index contributed by atoms with van der Waals surface area (Å²) in [5, 5.41) is -0.590. The second-order valence-electron chi connectivity index (χ2n) is 1.48. The fourth-order valence-electron chi connectivity index (χ4n) is 0.365. The van der Waals surface area contributed by atoms with Crippen LogP contribution in [0.3, 0.4) is 0 Å². The van der Waals surface area contributed by atoms with Crippen LogP contribution in [0.15, 0.2) is 0 Å². The summed E-state index contributed by atoms with van der Waals surface area (Å²) >= 11 is 5.47. The van der Waals surface area contributed by atoms with Gasteiger partial charge in [0, 0.05) is 14.2 Å². The van der Waals surface area contributed by atoms with E-state index in [2.05, 4.69) is 9.05 Å². The SMILES string of the molecule is COP(=O)(OC)C(C)Cl. The number of alkyl halides is 1. The van der Waals surface area contributed by atoms with Crippen LogP contribution in [0.4, 0.5) is 0 Å². The molecule has 0 aromatic heterocycles. The van der Waals surface area contributed by atoms with E-state index in [1.165, 1.54) is 14.2 Å². The minimum Gasteiger partial charge on any atom is -0.311 e. The topological polar surface area (TPSA) is 35.5 Å². The Labute approximate surface area is 59.8 Å². The summed E-state index contributed by atoms with van der Waals surface area (Å²) in [6.07, 6.45) is 0. The van der Waals surface area contributed by atoms with E-state index in [0.29, 0.717) is 0 Å². The second kappa shape index (κ2) is 3.57. The van der Waals surface area contributed by atoms with Crippen LogP contribution in [0.25, 0.3) is 0 Å². The van der Waals surface area contributed by atoms with Crippen molar-refractivity contribution < 1.29 is 13.6 Å². The van der Waals surface area contributed by atoms with E-state index in [1.54, 1.807) is 6.92 Å². The normalized spacial score (nSPS) is 15.6. The van der Waals surface area contributed by atoms with Gasteiger partial charge in [-0.05, 0) is 6.92 Å². The summed E-state index contributed by atoms with van der Waals surface area (Å²) in [5.41, 5.74) is 0. The molecule has 0 saturated carbocycles. The molecule has 9 heavy (non-hydrogen) atoms. The van der Waals surface area contributed by atoms with Crippen molar-refractivity contribution in [1.29, 1.82) is 0 Å². The average molecular weight is 173 g/mol. The highest BCUT2D eigenvalue weighted by atomic mass is 35.5. The summed E-state index contributed by atoms with van der Waals surface area (Å²) in [4.78, 5) is 0. The van der Waals surface area contributed by atoms with Gasteiger partial charge in [-0.25, -0.2) is 0 Å². The van der Waals surface area contributed by atoms with Crippen LogP contribution < -0.4 is 0 Å². The van der Waals surface area contributed by atoms with Gasteiger partial charge in [-0.2, -0.15) is 0 Å². The smallest absolute Gasteiger partial charge is 0.311 e. The molecule has 0 rings (SSSR count). The Kier molecular flexibility index (Phi) is 3.74. The monoisotopic (exact) mass is 172 g/mol. The lowest BCUT2D eigenvalue weighted by Crippen LogP contribution is -1.98. The lowest BCUT2D eigenvalue weighted by Gasteiger charge is -2.14. The molecular formula is C4H10ClO3P. The zero-order valence-corrected chi connectivity index (χ0v) is 7.28. The number of halogens is 1. The van der Waals surface area contributed by atoms with E-state index in [-0.39, 0.29) is 0 Å². The van der Waals surface area contributed by atoms with E-state index < -0.39 is 12.7 Å². The van der Waals surface area contributed by atoms with Crippen LogP contribution in [-0.4, -0.2) is 19.3 Å². The second-order valence-corrected chi connectivity index (χ2v) is 5.02. The fraction of sp³-hybridized carbons (Fsp3) is 1.00. The van der Waals surface area contributed by atoms with Gasteiger partial charge in [0.2, 0.25) is 0 Å². The summed E-state index contributed by atoms with van der Waals surface area (Å²) < 4.78 is 20.2. The van der Waals surface area contributed by atoms with Crippen molar-refractivity contribution in [2.24, 2.45) is 0 Å². The van der Waals surface area contributed by atoms with Gasteiger partial charge in [-0.3, -0.25) is 4.57 Å². The Hall–Kier alpha value is 0.440. The number of rotatable bonds is 3. The van der Waals surface area contributed by atoms with Gasteiger partial charge in [0.15, 0.2) is 0 Å². The van der Waals surface area contributed by atoms with Crippen molar-refractivity contribution in [1.82, 2.24) is 0 Å². The molecule has 0 aliphatic carbocycles. The van der Waals surface area contributed by atoms with E-state index in [4.69, 9.17) is 11.6 Å². The third-order valence-electron chi connectivity index (χ3n) is 0.945. The Morgan fingerprint density at radius 3 is 1.78 bits per heavy atom. The lowest BCUT2D eigenvalue weighted by atomic mass is 11.0. The predicted molar refractivity (Wildman–Crippen MR) is 36.9 cm³/mol. The van der Waals surface area contributed by atoms with Gasteiger partial charge in [-0.15, -0.1) is 11.6 Å². The molecule has 0 radical (unpaired) electrons. The molecule has 1 atom stereocenters. The van der Waals surface area contributed by atoms with Gasteiger partial charge in [0.1, 0.15) is 5.12 Å². The minimum absolute atomic E-state index is 0.590. The molecule has 0 amide bonds. The quantitative estimate of drug-likeness (QED) is 0.483. The van der Waals surface area contributed by atoms with Crippen molar-refractivity contribution in [2.45, 2.75) is 12.0 Å². The molecule has 5 heteroatoms. The van der Waals surface area contributed by atoms with E-state index in [0.717, 1.165) is 0 Å². The van der Waals surface area contributed by atoms with Gasteiger partial charge in [0.25, 0.3) is 0 Å². The fourth-order valence-corrected chi connectivity index (χ4v) is 1.57. The minimum atomic E-state index is -2.99. The largest absolute Gasteiger partial charge is 0.347 e. The van der Waals surface area contributed by atoms with Crippen molar-refractivity contribution in [2.75, 3.05) is 14.2 Å². The Morgan fingerprint density at radius 1 is 1.44 bits per heavy atom. The predicted octanol–water partition coefficient (Wildman–Crippen LogP) is 2.06. The molecule has 0 fully saturated rings. The molecule has 0 aromatic carbocycles. The molecule has 0 saturated heterocycles. The highest BCUT2D eigenvalue weighted by Crippen LogP contribution is 2.52. The Morgan fingerprint density at radius 2 is 1.78 bits per heavy atom. The summed E-state index contributed by atoms with van der Waals surface area (Å²) in [7, 11) is -0.370. The maximum absolute atomic E-state index is 11.1. The Bertz CT molecular complexity index is 117. The summed E-state index contributed by atoms with van der Waals surface area (Å²) in [6.45, 7) is 1.56. The molecule has 0 bridgehead atoms. The first-order chi connectivity index (χ1) is 4.06. The van der Waals surface area contributed by atoms with Gasteiger partial charge in [0.05, 0.1) is 0 Å². The number of hydrogen-bond acceptors (Lipinski definition) is 3. The first-order valence-corrected chi connectivity index (χ1v) is 4.47. The molecule has 0 N–H and O–H groups in total. The van der Waals surface area contributed by atoms with Crippen LogP contribution in [0.2, 0.25) is 0 Å². The first kappa shape index (κ1) is 9.44. The van der Waals surface area contributed by atoms with Crippen LogP contribution in [0.1, 0.15) is 6.92 Å². The van der Waals surface area contributed by atoms with Gasteiger partial charge in [-0.1, -0.05) is 0 Å². The van der Waals surface area contributed by atoms with Gasteiger partial charge < -0.3 is 9.05 Å². The van der Waals surface area contributed by atoms with E-state index >= 15 is 0 Å². The molecule has 1 unspecified atom stereocenters. The third kappa shape index (κ3) is 2.26. The van der Waals surface area contributed by atoms with Crippen molar-refractivity contribution in [3.05, 3.63) is 0 Å². The van der Waals surface area contributed by atoms with E-state index in [1.807, 2.05) is 0 Å². The molecule has 56 valence electrons. The lowest BCUT2D eigenvalue weighted by molar-refractivity contribution is 0.274. The average Bonchev–Trinajstić information content (AvgIpc) is 1.86. The van der Waals surface area contributed by atoms with E-state index in [9.17, 15) is 4.57 Å². The molecular weight excluding hydrogens is 162 g/mol. The third-order valence-corrected chi connectivity index (χ3v) is 3.55. The maximum Gasteiger partial charge on any atom is 0.347 e. The Balaban J connectivity index is 4.11. The maximum atomic E-state index is 11.1. The van der Waals surface area contributed by atoms with Gasteiger partial charge >= 0.3 is 7.60 Å². The van der Waals surface area contributed by atoms with Crippen molar-refractivity contribution in [3.63, 3.8) is 0 Å². The first-order valence-electron chi connectivity index (χ1n) is 2.42. The van der Waals surface area contributed by atoms with Crippen molar-refractivity contribution in [3.8, 4) is 0 Å². The number of hydrogen-bond donors (Lipinski definition) is 0. The molecule has 0 aliphatic rings. The van der Waals surface area contributed by atoms with Crippen LogP contribution in [0, 0.1) is 0 Å².